The Morgan fingerprint density at radius 1 is 0.781 bits per heavy atom. The number of amides is 2. The Bertz CT molecular complexity index is 1280. The maximum atomic E-state index is 13.1. The van der Waals surface area contributed by atoms with Crippen molar-refractivity contribution in [3.8, 4) is 5.75 Å². The highest BCUT2D eigenvalue weighted by Crippen LogP contribution is 2.20. The fourth-order valence-corrected chi connectivity index (χ4v) is 3.27. The van der Waals surface area contributed by atoms with E-state index < -0.39 is 5.91 Å². The summed E-state index contributed by atoms with van der Waals surface area (Å²) in [5.74, 6) is -0.0722. The average molecular weight is 422 g/mol. The molecule has 5 nitrogen and oxygen atoms in total. The topological polar surface area (TPSA) is 67.4 Å². The van der Waals surface area contributed by atoms with E-state index in [1.54, 1.807) is 49.6 Å². The van der Waals surface area contributed by atoms with Gasteiger partial charge in [0.2, 0.25) is 0 Å². The summed E-state index contributed by atoms with van der Waals surface area (Å²) in [6.07, 6.45) is 1.64. The number of hydrogen-bond donors (Lipinski definition) is 2. The standard InChI is InChI=1S/C27H22N2O3/c1-32-24-15-11-19(12-16-24)17-25(29-26(30)21-8-3-2-4-9-21)27(31)28-23-14-13-20-7-5-6-10-22(20)18-23/h2-18H,1H3,(H,28,31)(H,29,30)/b25-17+. The van der Waals surface area contributed by atoms with Crippen molar-refractivity contribution in [2.24, 2.45) is 0 Å². The molecule has 0 saturated carbocycles. The van der Waals surface area contributed by atoms with Crippen molar-refractivity contribution in [2.75, 3.05) is 12.4 Å². The van der Waals surface area contributed by atoms with Gasteiger partial charge in [-0.3, -0.25) is 9.59 Å². The van der Waals surface area contributed by atoms with E-state index in [2.05, 4.69) is 10.6 Å². The smallest absolute Gasteiger partial charge is 0.272 e. The molecule has 2 N–H and O–H groups in total. The first-order chi connectivity index (χ1) is 15.6. The molecular formula is C27H22N2O3. The van der Waals surface area contributed by atoms with Crippen molar-refractivity contribution in [1.82, 2.24) is 5.32 Å². The summed E-state index contributed by atoms with van der Waals surface area (Å²) in [6, 6.07) is 29.6. The van der Waals surface area contributed by atoms with Crippen molar-refractivity contribution in [3.05, 3.63) is 114 Å². The molecule has 4 aromatic carbocycles. The lowest BCUT2D eigenvalue weighted by Crippen LogP contribution is -2.30. The first-order valence-corrected chi connectivity index (χ1v) is 10.1. The Morgan fingerprint density at radius 3 is 2.19 bits per heavy atom. The first-order valence-electron chi connectivity index (χ1n) is 10.1. The van der Waals surface area contributed by atoms with Gasteiger partial charge in [0.05, 0.1) is 7.11 Å². The second-order valence-electron chi connectivity index (χ2n) is 7.17. The Morgan fingerprint density at radius 2 is 1.47 bits per heavy atom. The molecule has 0 aromatic heterocycles. The highest BCUT2D eigenvalue weighted by molar-refractivity contribution is 6.11. The molecule has 0 aliphatic heterocycles. The molecule has 4 rings (SSSR count). The van der Waals surface area contributed by atoms with Crippen LogP contribution in [0.4, 0.5) is 5.69 Å². The van der Waals surface area contributed by atoms with Gasteiger partial charge < -0.3 is 15.4 Å². The zero-order chi connectivity index (χ0) is 22.3. The van der Waals surface area contributed by atoms with Gasteiger partial charge in [-0.25, -0.2) is 0 Å². The van der Waals surface area contributed by atoms with Gasteiger partial charge in [-0.15, -0.1) is 0 Å². The van der Waals surface area contributed by atoms with Gasteiger partial charge in [-0.05, 0) is 58.8 Å². The van der Waals surface area contributed by atoms with E-state index in [1.165, 1.54) is 0 Å². The van der Waals surface area contributed by atoms with Crippen molar-refractivity contribution < 1.29 is 14.3 Å². The molecular weight excluding hydrogens is 400 g/mol. The molecule has 0 unspecified atom stereocenters. The summed E-state index contributed by atoms with van der Waals surface area (Å²) in [6.45, 7) is 0. The maximum Gasteiger partial charge on any atom is 0.272 e. The van der Waals surface area contributed by atoms with Gasteiger partial charge in [0.25, 0.3) is 11.8 Å². The average Bonchev–Trinajstić information content (AvgIpc) is 2.84. The molecule has 2 amide bonds. The van der Waals surface area contributed by atoms with Crippen LogP contribution in [0, 0.1) is 0 Å². The number of nitrogens with one attached hydrogen (secondary N) is 2. The fraction of sp³-hybridized carbons (Fsp3) is 0.0370. The predicted octanol–water partition coefficient (Wildman–Crippen LogP) is 5.26. The monoisotopic (exact) mass is 422 g/mol. The lowest BCUT2D eigenvalue weighted by molar-refractivity contribution is -0.113. The third-order valence-electron chi connectivity index (χ3n) is 4.96. The zero-order valence-corrected chi connectivity index (χ0v) is 17.5. The summed E-state index contributed by atoms with van der Waals surface area (Å²) < 4.78 is 5.19. The predicted molar refractivity (Wildman–Crippen MR) is 127 cm³/mol. The molecule has 0 atom stereocenters. The molecule has 0 aliphatic rings. The number of rotatable bonds is 6. The molecule has 0 bridgehead atoms. The van der Waals surface area contributed by atoms with E-state index in [1.807, 2.05) is 60.7 Å². The van der Waals surface area contributed by atoms with Gasteiger partial charge in [0.15, 0.2) is 0 Å². The number of ether oxygens (including phenoxy) is 1. The van der Waals surface area contributed by atoms with Crippen LogP contribution < -0.4 is 15.4 Å². The molecule has 32 heavy (non-hydrogen) atoms. The van der Waals surface area contributed by atoms with Crippen molar-refractivity contribution in [3.63, 3.8) is 0 Å². The summed E-state index contributed by atoms with van der Waals surface area (Å²) in [4.78, 5) is 25.8. The minimum atomic E-state index is -0.416. The van der Waals surface area contributed by atoms with Gasteiger partial charge in [0, 0.05) is 11.3 Å². The summed E-state index contributed by atoms with van der Waals surface area (Å²) in [7, 11) is 1.59. The van der Waals surface area contributed by atoms with Crippen LogP contribution in [0.5, 0.6) is 5.75 Å². The Balaban J connectivity index is 1.62. The Labute approximate surface area is 186 Å². The molecule has 0 saturated heterocycles. The largest absolute Gasteiger partial charge is 0.497 e. The molecule has 4 aromatic rings. The molecule has 0 aliphatic carbocycles. The number of hydrogen-bond acceptors (Lipinski definition) is 3. The SMILES string of the molecule is COc1ccc(/C=C(/NC(=O)c2ccccc2)C(=O)Nc2ccc3ccccc3c2)cc1. The second kappa shape index (κ2) is 9.62. The van der Waals surface area contributed by atoms with E-state index >= 15 is 0 Å². The van der Waals surface area contributed by atoms with Crippen molar-refractivity contribution in [2.45, 2.75) is 0 Å². The number of methoxy groups -OCH3 is 1. The third-order valence-corrected chi connectivity index (χ3v) is 4.96. The summed E-state index contributed by atoms with van der Waals surface area (Å²) >= 11 is 0. The van der Waals surface area contributed by atoms with Crippen LogP contribution in [0.15, 0.2) is 103 Å². The molecule has 0 radical (unpaired) electrons. The van der Waals surface area contributed by atoms with E-state index in [0.29, 0.717) is 17.0 Å². The van der Waals surface area contributed by atoms with E-state index in [-0.39, 0.29) is 11.6 Å². The van der Waals surface area contributed by atoms with Crippen LogP contribution in [-0.4, -0.2) is 18.9 Å². The van der Waals surface area contributed by atoms with Crippen LogP contribution >= 0.6 is 0 Å². The van der Waals surface area contributed by atoms with Crippen LogP contribution in [-0.2, 0) is 4.79 Å². The third kappa shape index (κ3) is 5.02. The van der Waals surface area contributed by atoms with E-state index in [4.69, 9.17) is 4.74 Å². The number of anilines is 1. The molecule has 5 heteroatoms. The number of carbonyl (C=O) groups excluding carboxylic acids is 2. The quantitative estimate of drug-likeness (QED) is 0.417. The van der Waals surface area contributed by atoms with E-state index in [9.17, 15) is 9.59 Å². The lowest BCUT2D eigenvalue weighted by atomic mass is 10.1. The highest BCUT2D eigenvalue weighted by atomic mass is 16.5. The van der Waals surface area contributed by atoms with Crippen molar-refractivity contribution >= 4 is 34.4 Å². The summed E-state index contributed by atoms with van der Waals surface area (Å²) in [5.41, 5.74) is 2.00. The molecule has 158 valence electrons. The maximum absolute atomic E-state index is 13.1. The lowest BCUT2D eigenvalue weighted by Gasteiger charge is -2.12. The van der Waals surface area contributed by atoms with Gasteiger partial charge in [-0.1, -0.05) is 60.7 Å². The second-order valence-corrected chi connectivity index (χ2v) is 7.17. The fourth-order valence-electron chi connectivity index (χ4n) is 3.27. The normalized spacial score (nSPS) is 11.1. The Hall–Kier alpha value is -4.38. The number of benzene rings is 4. The van der Waals surface area contributed by atoms with Crippen molar-refractivity contribution in [1.29, 1.82) is 0 Å². The number of fused-ring (bicyclic) bond motifs is 1. The van der Waals surface area contributed by atoms with E-state index in [0.717, 1.165) is 16.3 Å². The zero-order valence-electron chi connectivity index (χ0n) is 17.5. The van der Waals surface area contributed by atoms with Gasteiger partial charge >= 0.3 is 0 Å². The molecule has 0 heterocycles. The highest BCUT2D eigenvalue weighted by Gasteiger charge is 2.15. The van der Waals surface area contributed by atoms with Crippen LogP contribution in [0.2, 0.25) is 0 Å². The Kier molecular flexibility index (Phi) is 6.28. The summed E-state index contributed by atoms with van der Waals surface area (Å²) in [5, 5.41) is 7.73. The number of carbonyl (C=O) groups is 2. The molecule has 0 spiro atoms. The molecule has 0 fully saturated rings. The first kappa shape index (κ1) is 20.9. The minimum Gasteiger partial charge on any atom is -0.497 e. The van der Waals surface area contributed by atoms with Gasteiger partial charge in [-0.2, -0.15) is 0 Å². The van der Waals surface area contributed by atoms with Crippen LogP contribution in [0.1, 0.15) is 15.9 Å². The minimum absolute atomic E-state index is 0.136. The van der Waals surface area contributed by atoms with Crippen LogP contribution in [0.25, 0.3) is 16.8 Å². The van der Waals surface area contributed by atoms with Gasteiger partial charge in [0.1, 0.15) is 11.4 Å². The van der Waals surface area contributed by atoms with Crippen LogP contribution in [0.3, 0.4) is 0 Å².